The quantitative estimate of drug-likeness (QED) is 0.181. The lowest BCUT2D eigenvalue weighted by Crippen LogP contribution is -2.49. The van der Waals surface area contributed by atoms with Crippen LogP contribution in [0.1, 0.15) is 50.2 Å². The van der Waals surface area contributed by atoms with Crippen molar-refractivity contribution in [2.75, 3.05) is 6.54 Å². The highest BCUT2D eigenvalue weighted by Gasteiger charge is 2.39. The molecule has 11 heteroatoms. The van der Waals surface area contributed by atoms with E-state index in [9.17, 15) is 35.9 Å². The minimum absolute atomic E-state index is 0.00837. The number of carbonyl (C=O) groups is 2. The van der Waals surface area contributed by atoms with Crippen LogP contribution in [0.2, 0.25) is 0 Å². The Morgan fingerprint density at radius 1 is 0.833 bits per heavy atom. The maximum atomic E-state index is 13.5. The number of rotatable bonds is 5. The lowest BCUT2D eigenvalue weighted by Gasteiger charge is -2.39. The standard InChI is InChI=1S/C31H24F6N2O3/c32-30(33,34)23-14-21(15-24(16-23)31(35,36)37)28(40)39-11-10-26(17-25(39)12-19-6-2-1-3-7-19)42-29(41)22-13-20-8-4-5-9-27(20)38-18-22/h1-9,13-16,18,25-26H,10-12,17H2/t25-,26+/m1/s1. The number of benzene rings is 3. The summed E-state index contributed by atoms with van der Waals surface area (Å²) >= 11 is 0. The number of hydrogen-bond donors (Lipinski definition) is 0. The third kappa shape index (κ3) is 6.56. The van der Waals surface area contributed by atoms with Crippen LogP contribution in [0.25, 0.3) is 10.9 Å². The number of piperidine rings is 1. The average molecular weight is 587 g/mol. The molecular weight excluding hydrogens is 562 g/mol. The molecule has 2 heterocycles. The van der Waals surface area contributed by atoms with Gasteiger partial charge in [0.1, 0.15) is 6.10 Å². The van der Waals surface area contributed by atoms with Crippen LogP contribution in [0.3, 0.4) is 0 Å². The molecule has 3 aromatic carbocycles. The Morgan fingerprint density at radius 3 is 2.14 bits per heavy atom. The Labute approximate surface area is 236 Å². The second-order valence-electron chi connectivity index (χ2n) is 10.1. The van der Waals surface area contributed by atoms with Gasteiger partial charge in [0.2, 0.25) is 0 Å². The van der Waals surface area contributed by atoms with E-state index in [1.165, 1.54) is 11.1 Å². The first-order valence-corrected chi connectivity index (χ1v) is 13.1. The number of hydrogen-bond acceptors (Lipinski definition) is 4. The first-order valence-electron chi connectivity index (χ1n) is 13.1. The fourth-order valence-electron chi connectivity index (χ4n) is 5.11. The van der Waals surface area contributed by atoms with E-state index in [2.05, 4.69) is 4.98 Å². The van der Waals surface area contributed by atoms with Gasteiger partial charge in [-0.2, -0.15) is 26.3 Å². The summed E-state index contributed by atoms with van der Waals surface area (Å²) in [6, 6.07) is 18.0. The molecular formula is C31H24F6N2O3. The van der Waals surface area contributed by atoms with Crippen LogP contribution in [0, 0.1) is 0 Å². The molecule has 0 unspecified atom stereocenters. The van der Waals surface area contributed by atoms with Crippen molar-refractivity contribution >= 4 is 22.8 Å². The average Bonchev–Trinajstić information content (AvgIpc) is 2.96. The summed E-state index contributed by atoms with van der Waals surface area (Å²) in [6.45, 7) is -0.0398. The molecule has 5 nitrogen and oxygen atoms in total. The number of aromatic nitrogens is 1. The van der Waals surface area contributed by atoms with E-state index in [0.29, 0.717) is 17.6 Å². The predicted molar refractivity (Wildman–Crippen MR) is 142 cm³/mol. The zero-order valence-electron chi connectivity index (χ0n) is 22.0. The number of ether oxygens (including phenoxy) is 1. The zero-order chi connectivity index (χ0) is 30.1. The van der Waals surface area contributed by atoms with Gasteiger partial charge >= 0.3 is 18.3 Å². The molecule has 2 atom stereocenters. The molecule has 1 aliphatic rings. The first-order chi connectivity index (χ1) is 19.9. The number of likely N-dealkylation sites (tertiary alicyclic amines) is 1. The van der Waals surface area contributed by atoms with E-state index in [0.717, 1.165) is 10.9 Å². The highest BCUT2D eigenvalue weighted by Crippen LogP contribution is 2.37. The van der Waals surface area contributed by atoms with E-state index in [-0.39, 0.29) is 37.4 Å². The summed E-state index contributed by atoms with van der Waals surface area (Å²) in [5, 5.41) is 0.744. The Hall–Kier alpha value is -4.41. The van der Waals surface area contributed by atoms with Gasteiger partial charge in [-0.3, -0.25) is 9.78 Å². The normalized spacial score (nSPS) is 17.7. The smallest absolute Gasteiger partial charge is 0.416 e. The maximum absolute atomic E-state index is 13.5. The van der Waals surface area contributed by atoms with Gasteiger partial charge in [-0.1, -0.05) is 48.5 Å². The minimum atomic E-state index is -5.08. The minimum Gasteiger partial charge on any atom is -0.459 e. The molecule has 0 spiro atoms. The van der Waals surface area contributed by atoms with Crippen LogP contribution < -0.4 is 0 Å². The monoisotopic (exact) mass is 586 g/mol. The van der Waals surface area contributed by atoms with Crippen molar-refractivity contribution in [1.29, 1.82) is 0 Å². The van der Waals surface area contributed by atoms with Crippen LogP contribution >= 0.6 is 0 Å². The van der Waals surface area contributed by atoms with Crippen molar-refractivity contribution in [2.24, 2.45) is 0 Å². The molecule has 1 aliphatic heterocycles. The highest BCUT2D eigenvalue weighted by molar-refractivity contribution is 5.95. The van der Waals surface area contributed by atoms with Crippen LogP contribution in [0.15, 0.2) is 85.1 Å². The molecule has 0 N–H and O–H groups in total. The summed E-state index contributed by atoms with van der Waals surface area (Å²) in [5.41, 5.74) is -2.11. The molecule has 4 aromatic rings. The molecule has 1 fully saturated rings. The summed E-state index contributed by atoms with van der Waals surface area (Å²) < 4.78 is 86.5. The summed E-state index contributed by atoms with van der Waals surface area (Å²) in [4.78, 5) is 32.0. The Morgan fingerprint density at radius 2 is 1.48 bits per heavy atom. The van der Waals surface area contributed by atoms with Crippen molar-refractivity contribution in [1.82, 2.24) is 9.88 Å². The second-order valence-corrected chi connectivity index (χ2v) is 10.1. The fraction of sp³-hybridized carbons (Fsp3) is 0.258. The van der Waals surface area contributed by atoms with Crippen LogP contribution in [-0.4, -0.2) is 40.5 Å². The van der Waals surface area contributed by atoms with Gasteiger partial charge < -0.3 is 9.64 Å². The largest absolute Gasteiger partial charge is 0.459 e. The Balaban J connectivity index is 1.41. The Bertz CT molecular complexity index is 1570. The number of para-hydroxylation sites is 1. The van der Waals surface area contributed by atoms with Gasteiger partial charge in [0.15, 0.2) is 0 Å². The van der Waals surface area contributed by atoms with Gasteiger partial charge in [-0.05, 0) is 42.3 Å². The van der Waals surface area contributed by atoms with Gasteiger partial charge in [-0.15, -0.1) is 0 Å². The number of pyridine rings is 1. The molecule has 1 amide bonds. The fourth-order valence-corrected chi connectivity index (χ4v) is 5.11. The number of carbonyl (C=O) groups excluding carboxylic acids is 2. The lowest BCUT2D eigenvalue weighted by atomic mass is 9.92. The number of alkyl halides is 6. The van der Waals surface area contributed by atoms with Crippen molar-refractivity contribution in [3.05, 3.63) is 113 Å². The SMILES string of the molecule is O=C(O[C@H]1CCN(C(=O)c2cc(C(F)(F)F)cc(C(F)(F)F)c2)[C@H](Cc2ccccc2)C1)c1cnc2ccccc2c1. The molecule has 0 radical (unpaired) electrons. The van der Waals surface area contributed by atoms with Gasteiger partial charge in [0.05, 0.1) is 22.2 Å². The molecule has 1 aromatic heterocycles. The van der Waals surface area contributed by atoms with Crippen LogP contribution in [-0.2, 0) is 23.5 Å². The number of amides is 1. The maximum Gasteiger partial charge on any atom is 0.416 e. The zero-order valence-corrected chi connectivity index (χ0v) is 22.0. The number of nitrogens with zero attached hydrogens (tertiary/aromatic N) is 2. The highest BCUT2D eigenvalue weighted by atomic mass is 19.4. The van der Waals surface area contributed by atoms with Crippen molar-refractivity contribution in [3.63, 3.8) is 0 Å². The topological polar surface area (TPSA) is 59.5 Å². The molecule has 0 bridgehead atoms. The van der Waals surface area contributed by atoms with Gasteiger partial charge in [0, 0.05) is 42.6 Å². The molecule has 218 valence electrons. The van der Waals surface area contributed by atoms with Gasteiger partial charge in [-0.25, -0.2) is 4.79 Å². The molecule has 0 aliphatic carbocycles. The van der Waals surface area contributed by atoms with Gasteiger partial charge in [0.25, 0.3) is 5.91 Å². The van der Waals surface area contributed by atoms with E-state index < -0.39 is 53.1 Å². The van der Waals surface area contributed by atoms with Crippen molar-refractivity contribution < 1.29 is 40.7 Å². The van der Waals surface area contributed by atoms with Crippen LogP contribution in [0.4, 0.5) is 26.3 Å². The van der Waals surface area contributed by atoms with E-state index >= 15 is 0 Å². The number of esters is 1. The second kappa shape index (κ2) is 11.5. The van der Waals surface area contributed by atoms with Crippen LogP contribution in [0.5, 0.6) is 0 Å². The molecule has 42 heavy (non-hydrogen) atoms. The number of halogens is 6. The van der Waals surface area contributed by atoms with E-state index in [4.69, 9.17) is 4.74 Å². The number of fused-ring (bicyclic) bond motifs is 1. The lowest BCUT2D eigenvalue weighted by molar-refractivity contribution is -0.143. The van der Waals surface area contributed by atoms with Crippen molar-refractivity contribution in [2.45, 2.75) is 43.8 Å². The van der Waals surface area contributed by atoms with Crippen molar-refractivity contribution in [3.8, 4) is 0 Å². The molecule has 0 saturated carbocycles. The summed E-state index contributed by atoms with van der Waals surface area (Å²) in [5.74, 6) is -1.58. The molecule has 5 rings (SSSR count). The van der Waals surface area contributed by atoms with E-state index in [1.54, 1.807) is 48.5 Å². The molecule has 1 saturated heterocycles. The Kier molecular flexibility index (Phi) is 7.94. The summed E-state index contributed by atoms with van der Waals surface area (Å²) in [6.07, 6.45) is -8.88. The third-order valence-electron chi connectivity index (χ3n) is 7.18. The summed E-state index contributed by atoms with van der Waals surface area (Å²) in [7, 11) is 0. The first kappa shape index (κ1) is 29.1. The third-order valence-corrected chi connectivity index (χ3v) is 7.18. The van der Waals surface area contributed by atoms with E-state index in [1.807, 2.05) is 12.1 Å². The predicted octanol–water partition coefficient (Wildman–Crippen LogP) is 7.35.